The molecule has 1 N–H and O–H groups in total. The van der Waals surface area contributed by atoms with E-state index in [0.29, 0.717) is 5.02 Å². The molecule has 1 amide bonds. The third-order valence-electron chi connectivity index (χ3n) is 5.66. The lowest BCUT2D eigenvalue weighted by molar-refractivity contribution is -0.141. The minimum absolute atomic E-state index is 0.0960. The minimum atomic E-state index is -5.03. The third kappa shape index (κ3) is 6.31. The van der Waals surface area contributed by atoms with Crippen LogP contribution < -0.4 is 9.62 Å². The van der Waals surface area contributed by atoms with Gasteiger partial charge in [0, 0.05) is 23.1 Å². The van der Waals surface area contributed by atoms with Crippen molar-refractivity contribution in [2.24, 2.45) is 5.92 Å². The monoisotopic (exact) mass is 592 g/mol. The number of anilines is 1. The van der Waals surface area contributed by atoms with E-state index in [1.54, 1.807) is 6.07 Å². The summed E-state index contributed by atoms with van der Waals surface area (Å²) in [5.74, 6) is -4.00. The van der Waals surface area contributed by atoms with Gasteiger partial charge in [-0.1, -0.05) is 36.2 Å². The van der Waals surface area contributed by atoms with Crippen LogP contribution in [-0.2, 0) is 37.9 Å². The third-order valence-corrected chi connectivity index (χ3v) is 7.45. The van der Waals surface area contributed by atoms with Crippen molar-refractivity contribution in [2.75, 3.05) is 24.6 Å². The molecule has 9 nitrogen and oxygen atoms in total. The maximum atomic E-state index is 13.9. The molecule has 0 aliphatic carbocycles. The number of sulfonamides is 1. The predicted molar refractivity (Wildman–Crippen MR) is 132 cm³/mol. The SMILES string of the molecule is CCOC(=O)c1c(C(F)(F)F)nc(N2CC(C(=O)NS(=O)(=O)Cc3ccc(Cl)cc3Cl)C2)c(C#N)c1CC. The molecular formula is C23H21Cl2F3N4O5S. The van der Waals surface area contributed by atoms with E-state index in [1.807, 2.05) is 4.72 Å². The van der Waals surface area contributed by atoms with Gasteiger partial charge >= 0.3 is 12.1 Å². The van der Waals surface area contributed by atoms with Gasteiger partial charge in [-0.25, -0.2) is 18.2 Å². The average Bonchev–Trinajstić information content (AvgIpc) is 2.78. The Morgan fingerprint density at radius 1 is 1.26 bits per heavy atom. The zero-order valence-corrected chi connectivity index (χ0v) is 22.4. The first-order chi connectivity index (χ1) is 17.7. The maximum absolute atomic E-state index is 13.9. The molecule has 38 heavy (non-hydrogen) atoms. The molecule has 0 spiro atoms. The van der Waals surface area contributed by atoms with Crippen molar-refractivity contribution in [3.8, 4) is 6.07 Å². The molecule has 1 fully saturated rings. The molecule has 204 valence electrons. The van der Waals surface area contributed by atoms with Gasteiger partial charge < -0.3 is 9.64 Å². The molecule has 1 aliphatic heterocycles. The summed E-state index contributed by atoms with van der Waals surface area (Å²) in [6, 6.07) is 6.00. The highest BCUT2D eigenvalue weighted by Crippen LogP contribution is 2.38. The molecule has 0 atom stereocenters. The second-order valence-electron chi connectivity index (χ2n) is 8.26. The molecule has 0 unspecified atom stereocenters. The number of alkyl halides is 3. The highest BCUT2D eigenvalue weighted by Gasteiger charge is 2.43. The van der Waals surface area contributed by atoms with Gasteiger partial charge in [-0.2, -0.15) is 18.4 Å². The molecule has 1 aliphatic rings. The van der Waals surface area contributed by atoms with Gasteiger partial charge in [0.25, 0.3) is 0 Å². The normalized spacial score (nSPS) is 14.0. The summed E-state index contributed by atoms with van der Waals surface area (Å²) in [6.07, 6.45) is -5.13. The summed E-state index contributed by atoms with van der Waals surface area (Å²) in [4.78, 5) is 29.8. The second-order valence-corrected chi connectivity index (χ2v) is 10.8. The highest BCUT2D eigenvalue weighted by molar-refractivity contribution is 7.89. The van der Waals surface area contributed by atoms with Gasteiger partial charge in [0.05, 0.1) is 29.4 Å². The molecular weight excluding hydrogens is 572 g/mol. The zero-order valence-electron chi connectivity index (χ0n) is 20.0. The number of aromatic nitrogens is 1. The maximum Gasteiger partial charge on any atom is 0.434 e. The van der Waals surface area contributed by atoms with Gasteiger partial charge in [-0.05, 0) is 36.6 Å². The molecule has 0 saturated carbocycles. The number of rotatable bonds is 8. The number of halogens is 5. The Hall–Kier alpha value is -3.08. The Balaban J connectivity index is 1.84. The average molecular weight is 593 g/mol. The summed E-state index contributed by atoms with van der Waals surface area (Å²) in [7, 11) is -4.16. The molecule has 1 saturated heterocycles. The summed E-state index contributed by atoms with van der Waals surface area (Å²) in [5.41, 5.74) is -2.56. The van der Waals surface area contributed by atoms with Crippen LogP contribution in [0.4, 0.5) is 19.0 Å². The summed E-state index contributed by atoms with van der Waals surface area (Å²) < 4.78 is 73.3. The van der Waals surface area contributed by atoms with Gasteiger partial charge in [0.1, 0.15) is 11.9 Å². The molecule has 1 aromatic heterocycles. The quantitative estimate of drug-likeness (QED) is 0.453. The van der Waals surface area contributed by atoms with Crippen LogP contribution in [0.2, 0.25) is 10.0 Å². The van der Waals surface area contributed by atoms with E-state index in [1.165, 1.54) is 36.9 Å². The Morgan fingerprint density at radius 2 is 1.92 bits per heavy atom. The Kier molecular flexibility index (Phi) is 8.80. The van der Waals surface area contributed by atoms with Crippen molar-refractivity contribution in [1.29, 1.82) is 5.26 Å². The predicted octanol–water partition coefficient (Wildman–Crippen LogP) is 4.10. The number of amides is 1. The first kappa shape index (κ1) is 29.5. The van der Waals surface area contributed by atoms with Crippen molar-refractivity contribution in [1.82, 2.24) is 9.71 Å². The molecule has 15 heteroatoms. The number of ether oxygens (including phenoxy) is 1. The number of nitriles is 1. The number of nitrogens with one attached hydrogen (secondary N) is 1. The van der Waals surface area contributed by atoms with Crippen LogP contribution >= 0.6 is 23.2 Å². The fraction of sp³-hybridized carbons (Fsp3) is 0.391. The number of hydrogen-bond acceptors (Lipinski definition) is 8. The van der Waals surface area contributed by atoms with Crippen molar-refractivity contribution in [2.45, 2.75) is 32.2 Å². The first-order valence-electron chi connectivity index (χ1n) is 11.2. The lowest BCUT2D eigenvalue weighted by atomic mass is 9.94. The number of benzene rings is 1. The second kappa shape index (κ2) is 11.3. The molecule has 1 aromatic carbocycles. The van der Waals surface area contributed by atoms with E-state index in [4.69, 9.17) is 27.9 Å². The van der Waals surface area contributed by atoms with E-state index in [-0.39, 0.29) is 53.6 Å². The van der Waals surface area contributed by atoms with Crippen LogP contribution in [0.25, 0.3) is 0 Å². The Labute approximate surface area is 226 Å². The van der Waals surface area contributed by atoms with Crippen LogP contribution in [0.5, 0.6) is 0 Å². The number of nitrogens with zero attached hydrogens (tertiary/aromatic N) is 3. The molecule has 3 rings (SSSR count). The van der Waals surface area contributed by atoms with Crippen molar-refractivity contribution >= 4 is 50.9 Å². The first-order valence-corrected chi connectivity index (χ1v) is 13.6. The van der Waals surface area contributed by atoms with Gasteiger partial charge in [0.2, 0.25) is 15.9 Å². The van der Waals surface area contributed by atoms with E-state index in [9.17, 15) is 36.4 Å². The van der Waals surface area contributed by atoms with Crippen molar-refractivity contribution in [3.05, 3.63) is 56.2 Å². The number of carbonyl (C=O) groups excluding carboxylic acids is 2. The van der Waals surface area contributed by atoms with Gasteiger partial charge in [0.15, 0.2) is 5.69 Å². The fourth-order valence-electron chi connectivity index (χ4n) is 3.88. The standard InChI is InChI=1S/C23H21Cl2F3N4O5S/c1-3-15-16(8-29)20(30-19(23(26,27)28)18(15)22(34)37-4-2)32-9-13(10-32)21(33)31-38(35,36)11-12-5-6-14(24)7-17(12)25/h5-7,13H,3-4,9-11H2,1-2H3,(H,31,33). The van der Waals surface area contributed by atoms with E-state index in [0.717, 1.165) is 0 Å². The Bertz CT molecular complexity index is 1420. The molecule has 0 radical (unpaired) electrons. The van der Waals surface area contributed by atoms with Gasteiger partial charge in [-0.3, -0.25) is 9.52 Å². The number of hydrogen-bond donors (Lipinski definition) is 1. The van der Waals surface area contributed by atoms with Crippen LogP contribution in [0.1, 0.15) is 46.6 Å². The lowest BCUT2D eigenvalue weighted by Gasteiger charge is -2.40. The van der Waals surface area contributed by atoms with Gasteiger partial charge in [-0.15, -0.1) is 0 Å². The number of carbonyl (C=O) groups is 2. The van der Waals surface area contributed by atoms with Crippen molar-refractivity contribution < 1.29 is 35.9 Å². The minimum Gasteiger partial charge on any atom is -0.462 e. The molecule has 2 aromatic rings. The largest absolute Gasteiger partial charge is 0.462 e. The van der Waals surface area contributed by atoms with E-state index in [2.05, 4.69) is 4.98 Å². The van der Waals surface area contributed by atoms with Crippen LogP contribution in [-0.4, -0.2) is 45.0 Å². The zero-order chi connectivity index (χ0) is 28.4. The van der Waals surface area contributed by atoms with Crippen LogP contribution in [0.3, 0.4) is 0 Å². The number of pyridine rings is 1. The Morgan fingerprint density at radius 3 is 2.45 bits per heavy atom. The summed E-state index contributed by atoms with van der Waals surface area (Å²) in [6.45, 7) is 2.32. The molecule has 2 heterocycles. The topological polar surface area (TPSA) is 129 Å². The van der Waals surface area contributed by atoms with E-state index >= 15 is 0 Å². The highest BCUT2D eigenvalue weighted by atomic mass is 35.5. The van der Waals surface area contributed by atoms with Crippen LogP contribution in [0, 0.1) is 17.2 Å². The van der Waals surface area contributed by atoms with Crippen molar-refractivity contribution in [3.63, 3.8) is 0 Å². The smallest absolute Gasteiger partial charge is 0.434 e. The molecule has 0 bridgehead atoms. The number of esters is 1. The van der Waals surface area contributed by atoms with E-state index < -0.39 is 51.0 Å². The summed E-state index contributed by atoms with van der Waals surface area (Å²) in [5, 5.41) is 10.1. The van der Waals surface area contributed by atoms with Crippen LogP contribution in [0.15, 0.2) is 18.2 Å². The summed E-state index contributed by atoms with van der Waals surface area (Å²) >= 11 is 11.8. The fourth-order valence-corrected chi connectivity index (χ4v) is 5.64. The lowest BCUT2D eigenvalue weighted by Crippen LogP contribution is -2.55.